The number of hydrogen-bond donors (Lipinski definition) is 1. The molecule has 23 heavy (non-hydrogen) atoms. The molecule has 0 aliphatic carbocycles. The van der Waals surface area contributed by atoms with Gasteiger partial charge in [-0.2, -0.15) is 0 Å². The number of non-ortho nitro benzene ring substituents is 1. The van der Waals surface area contributed by atoms with Crippen molar-refractivity contribution < 1.29 is 14.5 Å². The number of carbonyl (C=O) groups is 1. The van der Waals surface area contributed by atoms with Crippen molar-refractivity contribution >= 4 is 11.8 Å². The first-order valence-corrected chi connectivity index (χ1v) is 6.71. The Kier molecular flexibility index (Phi) is 8.80. The minimum Gasteiger partial charge on any atom is -0.410 e. The van der Waals surface area contributed by atoms with Crippen LogP contribution in [-0.2, 0) is 0 Å². The summed E-state index contributed by atoms with van der Waals surface area (Å²) in [4.78, 5) is 24.5. The first-order valence-electron chi connectivity index (χ1n) is 6.71. The predicted molar refractivity (Wildman–Crippen MR) is 86.2 cm³/mol. The standard InChI is InChI=1S/C13H17N5O4.CH4/c1-3-9(2)12(8-15-17-14)16-13(19)22-11-6-4-10(5-7-11)18(20)21;/h4-7,9,12H,3,8H2,1-2H3,(H,16,19);1H4/t9?,12-;/m1./s1. The van der Waals surface area contributed by atoms with Gasteiger partial charge in [-0.3, -0.25) is 10.1 Å². The Morgan fingerprint density at radius 3 is 2.57 bits per heavy atom. The summed E-state index contributed by atoms with van der Waals surface area (Å²) in [6.07, 6.45) is 0.0935. The molecule has 0 saturated carbocycles. The molecule has 0 aliphatic rings. The van der Waals surface area contributed by atoms with Gasteiger partial charge in [0.15, 0.2) is 0 Å². The molecule has 0 aromatic heterocycles. The highest BCUT2D eigenvalue weighted by Crippen LogP contribution is 2.17. The van der Waals surface area contributed by atoms with Gasteiger partial charge in [-0.15, -0.1) is 0 Å². The third kappa shape index (κ3) is 6.66. The SMILES string of the molecule is C.CCC(C)[C@@H](CN=[N+]=[N-])NC(=O)Oc1ccc([N+](=O)[O-])cc1. The molecule has 1 aromatic rings. The molecule has 2 atom stereocenters. The molecule has 0 heterocycles. The third-order valence-electron chi connectivity index (χ3n) is 3.23. The summed E-state index contributed by atoms with van der Waals surface area (Å²) in [5, 5.41) is 16.6. The Balaban J connectivity index is 0.00000484. The summed E-state index contributed by atoms with van der Waals surface area (Å²) in [6.45, 7) is 4.00. The highest BCUT2D eigenvalue weighted by Gasteiger charge is 2.18. The zero-order chi connectivity index (χ0) is 16.5. The van der Waals surface area contributed by atoms with Crippen LogP contribution in [0.2, 0.25) is 0 Å². The van der Waals surface area contributed by atoms with Crippen molar-refractivity contribution in [3.8, 4) is 5.75 Å². The number of hydrogen-bond acceptors (Lipinski definition) is 5. The summed E-state index contributed by atoms with van der Waals surface area (Å²) >= 11 is 0. The normalized spacial score (nSPS) is 12.1. The van der Waals surface area contributed by atoms with E-state index >= 15 is 0 Å². The lowest BCUT2D eigenvalue weighted by Gasteiger charge is -2.22. The molecule has 1 rings (SSSR count). The van der Waals surface area contributed by atoms with Gasteiger partial charge in [-0.05, 0) is 23.6 Å². The van der Waals surface area contributed by atoms with E-state index in [4.69, 9.17) is 10.3 Å². The average molecular weight is 323 g/mol. The lowest BCUT2D eigenvalue weighted by atomic mass is 10.00. The van der Waals surface area contributed by atoms with E-state index in [1.54, 1.807) is 0 Å². The van der Waals surface area contributed by atoms with Gasteiger partial charge in [0.2, 0.25) is 0 Å². The zero-order valence-electron chi connectivity index (χ0n) is 12.3. The van der Waals surface area contributed by atoms with Crippen molar-refractivity contribution in [3.63, 3.8) is 0 Å². The van der Waals surface area contributed by atoms with E-state index in [1.165, 1.54) is 24.3 Å². The molecular formula is C14H21N5O4. The second-order valence-electron chi connectivity index (χ2n) is 4.69. The smallest absolute Gasteiger partial charge is 0.410 e. The second-order valence-corrected chi connectivity index (χ2v) is 4.69. The molecule has 9 nitrogen and oxygen atoms in total. The number of benzene rings is 1. The summed E-state index contributed by atoms with van der Waals surface area (Å²) in [5.41, 5.74) is 8.28. The number of nitrogens with one attached hydrogen (secondary N) is 1. The van der Waals surface area contributed by atoms with E-state index in [1.807, 2.05) is 13.8 Å². The van der Waals surface area contributed by atoms with Crippen LogP contribution in [-0.4, -0.2) is 23.6 Å². The lowest BCUT2D eigenvalue weighted by molar-refractivity contribution is -0.384. The van der Waals surface area contributed by atoms with Crippen molar-refractivity contribution in [1.82, 2.24) is 5.32 Å². The summed E-state index contributed by atoms with van der Waals surface area (Å²) in [7, 11) is 0. The molecule has 0 radical (unpaired) electrons. The number of carbonyl (C=O) groups excluding carboxylic acids is 1. The van der Waals surface area contributed by atoms with Crippen LogP contribution < -0.4 is 10.1 Å². The van der Waals surface area contributed by atoms with E-state index in [0.717, 1.165) is 6.42 Å². The molecule has 0 bridgehead atoms. The van der Waals surface area contributed by atoms with Crippen molar-refractivity contribution in [2.24, 2.45) is 11.0 Å². The number of azide groups is 1. The molecule has 0 aliphatic heterocycles. The quantitative estimate of drug-likeness (QED) is 0.266. The Bertz CT molecular complexity index is 569. The number of nitrogens with zero attached hydrogens (tertiary/aromatic N) is 4. The van der Waals surface area contributed by atoms with E-state index in [-0.39, 0.29) is 37.4 Å². The fraction of sp³-hybridized carbons (Fsp3) is 0.500. The molecule has 1 unspecified atom stereocenters. The van der Waals surface area contributed by atoms with E-state index in [2.05, 4.69) is 15.3 Å². The molecule has 0 fully saturated rings. The predicted octanol–water partition coefficient (Wildman–Crippen LogP) is 4.04. The zero-order valence-corrected chi connectivity index (χ0v) is 12.3. The van der Waals surface area contributed by atoms with Gasteiger partial charge >= 0.3 is 6.09 Å². The Morgan fingerprint density at radius 2 is 2.09 bits per heavy atom. The number of nitro benzene ring substituents is 1. The fourth-order valence-electron chi connectivity index (χ4n) is 1.70. The Hall–Kier alpha value is -2.80. The number of ether oxygens (including phenoxy) is 1. The first kappa shape index (κ1) is 20.2. The fourth-order valence-corrected chi connectivity index (χ4v) is 1.70. The first-order chi connectivity index (χ1) is 10.5. The van der Waals surface area contributed by atoms with Gasteiger partial charge < -0.3 is 10.1 Å². The van der Waals surface area contributed by atoms with Gasteiger partial charge in [0.1, 0.15) is 5.75 Å². The van der Waals surface area contributed by atoms with Crippen LogP contribution in [0, 0.1) is 16.0 Å². The highest BCUT2D eigenvalue weighted by atomic mass is 16.6. The highest BCUT2D eigenvalue weighted by molar-refractivity contribution is 5.70. The molecule has 9 heteroatoms. The van der Waals surface area contributed by atoms with Gasteiger partial charge in [-0.25, -0.2) is 4.79 Å². The van der Waals surface area contributed by atoms with Crippen molar-refractivity contribution in [2.75, 3.05) is 6.54 Å². The average Bonchev–Trinajstić information content (AvgIpc) is 2.51. The lowest BCUT2D eigenvalue weighted by Crippen LogP contribution is -2.42. The van der Waals surface area contributed by atoms with Crippen molar-refractivity contribution in [1.29, 1.82) is 0 Å². The van der Waals surface area contributed by atoms with Crippen LogP contribution in [0.1, 0.15) is 27.7 Å². The third-order valence-corrected chi connectivity index (χ3v) is 3.23. The maximum Gasteiger partial charge on any atom is 0.412 e. The van der Waals surface area contributed by atoms with Crippen LogP contribution in [0.15, 0.2) is 29.4 Å². The van der Waals surface area contributed by atoms with Crippen LogP contribution >= 0.6 is 0 Å². The molecule has 0 saturated heterocycles. The molecule has 0 spiro atoms. The minimum atomic E-state index is -0.702. The maximum absolute atomic E-state index is 11.8. The summed E-state index contributed by atoms with van der Waals surface area (Å²) < 4.78 is 5.05. The van der Waals surface area contributed by atoms with Crippen LogP contribution in [0.4, 0.5) is 10.5 Å². The number of rotatable bonds is 7. The Morgan fingerprint density at radius 1 is 1.48 bits per heavy atom. The van der Waals surface area contributed by atoms with Crippen molar-refractivity contribution in [3.05, 3.63) is 44.8 Å². The molecular weight excluding hydrogens is 302 g/mol. The summed E-state index contributed by atoms with van der Waals surface area (Å²) in [6, 6.07) is 4.82. The Labute approximate surface area is 134 Å². The molecule has 1 amide bonds. The maximum atomic E-state index is 11.8. The topological polar surface area (TPSA) is 130 Å². The minimum absolute atomic E-state index is 0. The van der Waals surface area contributed by atoms with Crippen molar-refractivity contribution in [2.45, 2.75) is 33.7 Å². The number of nitro groups is 1. The molecule has 126 valence electrons. The van der Waals surface area contributed by atoms with Crippen LogP contribution in [0.25, 0.3) is 10.4 Å². The largest absolute Gasteiger partial charge is 0.412 e. The second kappa shape index (κ2) is 10.0. The number of amides is 1. The monoisotopic (exact) mass is 323 g/mol. The van der Waals surface area contributed by atoms with E-state index < -0.39 is 11.0 Å². The molecule has 1 N–H and O–H groups in total. The van der Waals surface area contributed by atoms with Gasteiger partial charge in [0.25, 0.3) is 5.69 Å². The van der Waals surface area contributed by atoms with E-state index in [9.17, 15) is 14.9 Å². The van der Waals surface area contributed by atoms with Gasteiger partial charge in [0.05, 0.1) is 4.92 Å². The van der Waals surface area contributed by atoms with Gasteiger partial charge in [-0.1, -0.05) is 32.8 Å². The van der Waals surface area contributed by atoms with Crippen LogP contribution in [0.5, 0.6) is 5.75 Å². The van der Waals surface area contributed by atoms with Crippen LogP contribution in [0.3, 0.4) is 0 Å². The molecule has 1 aromatic carbocycles. The van der Waals surface area contributed by atoms with E-state index in [0.29, 0.717) is 0 Å². The van der Waals surface area contributed by atoms with Gasteiger partial charge in [0, 0.05) is 29.6 Å². The summed E-state index contributed by atoms with van der Waals surface area (Å²) in [5.74, 6) is 0.296.